The van der Waals surface area contributed by atoms with Crippen LogP contribution in [0.3, 0.4) is 0 Å². The average Bonchev–Trinajstić information content (AvgIpc) is 2.19. The predicted molar refractivity (Wildman–Crippen MR) is 30.2 cm³/mol. The van der Waals surface area contributed by atoms with Gasteiger partial charge in [0.15, 0.2) is 0 Å². The number of aromatic nitrogens is 3. The van der Waals surface area contributed by atoms with Crippen LogP contribution in [0.1, 0.15) is 0 Å². The van der Waals surface area contributed by atoms with Crippen molar-refractivity contribution in [1.29, 1.82) is 0 Å². The van der Waals surface area contributed by atoms with Crippen LogP contribution in [0.5, 0.6) is 0 Å². The first-order chi connectivity index (χ1) is 3.93. The topological polar surface area (TPSA) is 30.7 Å². The van der Waals surface area contributed by atoms with Crippen LogP contribution >= 0.6 is 0 Å². The van der Waals surface area contributed by atoms with Gasteiger partial charge in [-0.05, 0) is 0 Å². The van der Waals surface area contributed by atoms with Gasteiger partial charge in [0, 0.05) is 0 Å². The van der Waals surface area contributed by atoms with Crippen molar-refractivity contribution in [3.63, 3.8) is 0 Å². The van der Waals surface area contributed by atoms with Gasteiger partial charge in [-0.1, -0.05) is 6.08 Å². The second kappa shape index (κ2) is 2.26. The van der Waals surface area contributed by atoms with E-state index in [0.29, 0.717) is 6.54 Å². The molecule has 0 saturated heterocycles. The first kappa shape index (κ1) is 5.03. The second-order valence-electron chi connectivity index (χ2n) is 1.37. The van der Waals surface area contributed by atoms with E-state index in [1.165, 1.54) is 0 Å². The van der Waals surface area contributed by atoms with Crippen molar-refractivity contribution < 1.29 is 0 Å². The average molecular weight is 109 g/mol. The third-order valence-electron chi connectivity index (χ3n) is 0.759. The molecular formula is C5H7N3. The molecule has 0 aliphatic rings. The fraction of sp³-hybridized carbons (Fsp3) is 0.200. The van der Waals surface area contributed by atoms with Crippen LogP contribution in [0.2, 0.25) is 0 Å². The molecule has 3 heteroatoms. The molecule has 0 N–H and O–H groups in total. The van der Waals surface area contributed by atoms with Crippen molar-refractivity contribution in [3.05, 3.63) is 25.0 Å². The Kier molecular flexibility index (Phi) is 1.42. The minimum Gasteiger partial charge on any atom is -0.181 e. The molecule has 1 rings (SSSR count). The van der Waals surface area contributed by atoms with Crippen LogP contribution in [0, 0.1) is 0 Å². The summed E-state index contributed by atoms with van der Waals surface area (Å²) in [6, 6.07) is 0. The van der Waals surface area contributed by atoms with Gasteiger partial charge < -0.3 is 0 Å². The lowest BCUT2D eigenvalue weighted by atomic mass is 10.7. The predicted octanol–water partition coefficient (Wildman–Crippen LogP) is 0.464. The molecule has 0 fully saturated rings. The maximum absolute atomic E-state index is 3.84. The van der Waals surface area contributed by atoms with Gasteiger partial charge in [0.05, 0.1) is 18.9 Å². The summed E-state index contributed by atoms with van der Waals surface area (Å²) in [6.45, 7) is 4.22. The van der Waals surface area contributed by atoms with Crippen molar-refractivity contribution in [1.82, 2.24) is 15.0 Å². The van der Waals surface area contributed by atoms with Crippen LogP contribution in [0.25, 0.3) is 0 Å². The number of allylic oxidation sites excluding steroid dienone is 1. The summed E-state index contributed by atoms with van der Waals surface area (Å²) in [5.74, 6) is 0. The fourth-order valence-electron chi connectivity index (χ4n) is 0.453. The van der Waals surface area contributed by atoms with Crippen LogP contribution in [0.4, 0.5) is 0 Å². The molecule has 0 unspecified atom stereocenters. The molecule has 3 nitrogen and oxygen atoms in total. The summed E-state index contributed by atoms with van der Waals surface area (Å²) < 4.78 is 0. The van der Waals surface area contributed by atoms with Crippen molar-refractivity contribution in [3.8, 4) is 0 Å². The minimum absolute atomic E-state index is 0.688. The van der Waals surface area contributed by atoms with Crippen molar-refractivity contribution in [2.75, 3.05) is 0 Å². The van der Waals surface area contributed by atoms with Crippen LogP contribution < -0.4 is 0 Å². The summed E-state index contributed by atoms with van der Waals surface area (Å²) in [5.41, 5.74) is 0. The Morgan fingerprint density at radius 1 is 1.50 bits per heavy atom. The van der Waals surface area contributed by atoms with Gasteiger partial charge in [0.25, 0.3) is 0 Å². The highest BCUT2D eigenvalue weighted by Gasteiger charge is 1.81. The van der Waals surface area contributed by atoms with E-state index in [-0.39, 0.29) is 0 Å². The van der Waals surface area contributed by atoms with E-state index in [9.17, 15) is 0 Å². The van der Waals surface area contributed by atoms with E-state index < -0.39 is 0 Å². The third-order valence-corrected chi connectivity index (χ3v) is 0.759. The Balaban J connectivity index is 2.62. The minimum atomic E-state index is 0.688. The Morgan fingerprint density at radius 2 is 2.12 bits per heavy atom. The maximum atomic E-state index is 3.84. The number of rotatable bonds is 2. The highest BCUT2D eigenvalue weighted by atomic mass is 15.5. The van der Waals surface area contributed by atoms with Gasteiger partial charge >= 0.3 is 0 Å². The van der Waals surface area contributed by atoms with Crippen molar-refractivity contribution in [2.24, 2.45) is 0 Å². The number of nitrogens with zero attached hydrogens (tertiary/aromatic N) is 3. The highest BCUT2D eigenvalue weighted by Crippen LogP contribution is 1.76. The van der Waals surface area contributed by atoms with Gasteiger partial charge in [-0.3, -0.25) is 0 Å². The second-order valence-corrected chi connectivity index (χ2v) is 1.37. The lowest BCUT2D eigenvalue weighted by Gasteiger charge is -1.87. The molecule has 0 aromatic carbocycles. The molecule has 8 heavy (non-hydrogen) atoms. The summed E-state index contributed by atoms with van der Waals surface area (Å²) in [7, 11) is 0. The molecule has 0 amide bonds. The van der Waals surface area contributed by atoms with E-state index in [2.05, 4.69) is 16.8 Å². The normalized spacial score (nSPS) is 9.00. The summed E-state index contributed by atoms with van der Waals surface area (Å²) >= 11 is 0. The molecule has 1 aromatic rings. The molecular weight excluding hydrogens is 102 g/mol. The van der Waals surface area contributed by atoms with Crippen molar-refractivity contribution >= 4 is 0 Å². The van der Waals surface area contributed by atoms with Gasteiger partial charge in [0.2, 0.25) is 0 Å². The van der Waals surface area contributed by atoms with Crippen LogP contribution in [-0.4, -0.2) is 15.0 Å². The van der Waals surface area contributed by atoms with Crippen molar-refractivity contribution in [2.45, 2.75) is 6.54 Å². The van der Waals surface area contributed by atoms with Crippen LogP contribution in [-0.2, 0) is 6.54 Å². The summed E-state index contributed by atoms with van der Waals surface area (Å²) in [5, 5.41) is 7.68. The Morgan fingerprint density at radius 3 is 2.62 bits per heavy atom. The Bertz CT molecular complexity index is 154. The quantitative estimate of drug-likeness (QED) is 0.517. The van der Waals surface area contributed by atoms with E-state index in [1.54, 1.807) is 23.3 Å². The monoisotopic (exact) mass is 109 g/mol. The Labute approximate surface area is 47.6 Å². The number of hydrogen-bond acceptors (Lipinski definition) is 2. The zero-order valence-electron chi connectivity index (χ0n) is 4.49. The van der Waals surface area contributed by atoms with Gasteiger partial charge in [-0.25, -0.2) is 0 Å². The van der Waals surface area contributed by atoms with Gasteiger partial charge in [0.1, 0.15) is 0 Å². The molecule has 0 aliphatic carbocycles. The van der Waals surface area contributed by atoms with Crippen LogP contribution in [0.15, 0.2) is 25.0 Å². The molecule has 0 radical (unpaired) electrons. The maximum Gasteiger partial charge on any atom is 0.0785 e. The van der Waals surface area contributed by atoms with Gasteiger partial charge in [-0.15, -0.1) is 6.58 Å². The largest absolute Gasteiger partial charge is 0.181 e. The van der Waals surface area contributed by atoms with Gasteiger partial charge in [-0.2, -0.15) is 15.0 Å². The molecule has 0 spiro atoms. The van der Waals surface area contributed by atoms with E-state index >= 15 is 0 Å². The first-order valence-electron chi connectivity index (χ1n) is 2.38. The van der Waals surface area contributed by atoms with E-state index in [4.69, 9.17) is 0 Å². The highest BCUT2D eigenvalue weighted by molar-refractivity contribution is 4.67. The number of hydrogen-bond donors (Lipinski definition) is 0. The zero-order valence-corrected chi connectivity index (χ0v) is 4.49. The summed E-state index contributed by atoms with van der Waals surface area (Å²) in [6.07, 6.45) is 5.03. The molecule has 0 aliphatic heterocycles. The fourth-order valence-corrected chi connectivity index (χ4v) is 0.453. The summed E-state index contributed by atoms with van der Waals surface area (Å²) in [4.78, 5) is 1.56. The Hall–Kier alpha value is -1.12. The molecule has 0 bridgehead atoms. The standard InChI is InChI=1S/C5H7N3/c1-2-5-8-6-3-4-7-8/h2-4H,1,5H2. The molecule has 1 heterocycles. The first-order valence-corrected chi connectivity index (χ1v) is 2.38. The lowest BCUT2D eigenvalue weighted by molar-refractivity contribution is 0.602. The lowest BCUT2D eigenvalue weighted by Crippen LogP contribution is -1.97. The zero-order chi connectivity index (χ0) is 5.82. The van der Waals surface area contributed by atoms with E-state index in [0.717, 1.165) is 0 Å². The molecule has 42 valence electrons. The third kappa shape index (κ3) is 0.932. The molecule has 0 saturated carbocycles. The van der Waals surface area contributed by atoms with E-state index in [1.807, 2.05) is 0 Å². The smallest absolute Gasteiger partial charge is 0.0785 e. The molecule has 1 aromatic heterocycles. The molecule has 0 atom stereocenters. The SMILES string of the molecule is C=CCn1nccn1.